The van der Waals surface area contributed by atoms with E-state index >= 15 is 0 Å². The van der Waals surface area contributed by atoms with Crippen LogP contribution in [0.25, 0.3) is 0 Å². The molecule has 3 amide bonds. The summed E-state index contributed by atoms with van der Waals surface area (Å²) < 4.78 is 34.5. The van der Waals surface area contributed by atoms with Crippen molar-refractivity contribution in [3.05, 3.63) is 95.1 Å². The summed E-state index contributed by atoms with van der Waals surface area (Å²) in [4.78, 5) is 41.3. The van der Waals surface area contributed by atoms with Gasteiger partial charge in [-0.15, -0.1) is 0 Å². The van der Waals surface area contributed by atoms with Crippen molar-refractivity contribution in [3.63, 3.8) is 0 Å². The van der Waals surface area contributed by atoms with Crippen LogP contribution >= 0.6 is 0 Å². The molecule has 1 unspecified atom stereocenters. The van der Waals surface area contributed by atoms with Crippen LogP contribution in [-0.2, 0) is 37.4 Å². The second-order valence-electron chi connectivity index (χ2n) is 12.3. The number of carbonyl (C=O) groups is 3. The Morgan fingerprint density at radius 3 is 2.38 bits per heavy atom. The van der Waals surface area contributed by atoms with Gasteiger partial charge in [0, 0.05) is 25.1 Å². The van der Waals surface area contributed by atoms with Crippen molar-refractivity contribution >= 4 is 33.4 Å². The number of para-hydroxylation sites is 1. The fourth-order valence-corrected chi connectivity index (χ4v) is 8.62. The van der Waals surface area contributed by atoms with Crippen LogP contribution in [0.2, 0.25) is 0 Å². The second-order valence-corrected chi connectivity index (χ2v) is 14.2. The van der Waals surface area contributed by atoms with Gasteiger partial charge in [-0.1, -0.05) is 42.5 Å². The van der Waals surface area contributed by atoms with Crippen LogP contribution < -0.4 is 9.62 Å². The average Bonchev–Trinajstić information content (AvgIpc) is 3.34. The van der Waals surface area contributed by atoms with Gasteiger partial charge in [-0.25, -0.2) is 8.42 Å². The summed E-state index contributed by atoms with van der Waals surface area (Å²) in [5, 5.41) is 2.36. The number of nitrogens with one attached hydrogen (secondary N) is 1. The van der Waals surface area contributed by atoms with Gasteiger partial charge in [0.25, 0.3) is 15.9 Å². The number of piperidine rings is 2. The lowest BCUT2D eigenvalue weighted by molar-refractivity contribution is -0.136. The molecule has 0 saturated carbocycles. The van der Waals surface area contributed by atoms with Crippen LogP contribution in [0, 0.1) is 0 Å². The van der Waals surface area contributed by atoms with Crippen molar-refractivity contribution < 1.29 is 27.5 Å². The van der Waals surface area contributed by atoms with Gasteiger partial charge < -0.3 is 9.64 Å². The van der Waals surface area contributed by atoms with Crippen LogP contribution in [0.1, 0.15) is 58.6 Å². The fourth-order valence-electron chi connectivity index (χ4n) is 6.93. The quantitative estimate of drug-likeness (QED) is 0.380. The molecule has 4 aliphatic rings. The molecule has 1 N–H and O–H groups in total. The van der Waals surface area contributed by atoms with Crippen molar-refractivity contribution in [1.29, 1.82) is 0 Å². The maximum Gasteiger partial charge on any atom is 0.264 e. The number of imide groups is 1. The van der Waals surface area contributed by atoms with Gasteiger partial charge in [-0.2, -0.15) is 0 Å². The molecule has 0 bridgehead atoms. The third kappa shape index (κ3) is 5.76. The molecule has 4 aliphatic heterocycles. The van der Waals surface area contributed by atoms with E-state index in [9.17, 15) is 22.8 Å². The Morgan fingerprint density at radius 2 is 1.67 bits per heavy atom. The van der Waals surface area contributed by atoms with E-state index in [-0.39, 0.29) is 29.2 Å². The van der Waals surface area contributed by atoms with Crippen LogP contribution in [0.15, 0.2) is 77.7 Å². The Balaban J connectivity index is 0.995. The lowest BCUT2D eigenvalue weighted by Crippen LogP contribution is -2.52. The predicted octanol–water partition coefficient (Wildman–Crippen LogP) is 3.42. The number of hydrogen-bond acceptors (Lipinski definition) is 7. The highest BCUT2D eigenvalue weighted by Gasteiger charge is 2.40. The van der Waals surface area contributed by atoms with E-state index < -0.39 is 22.0 Å². The van der Waals surface area contributed by atoms with E-state index in [1.807, 2.05) is 54.6 Å². The van der Waals surface area contributed by atoms with Crippen molar-refractivity contribution in [3.8, 4) is 0 Å². The SMILES string of the molecule is O=C1CCC(N2Cc3cc(C4CCN(Cc5cccc(S(=O)(=O)N(c6ccccc6)C6COC6)c5)CC4)ccc3C2=O)C(=O)N1. The van der Waals surface area contributed by atoms with E-state index in [2.05, 4.69) is 16.3 Å². The number of carbonyl (C=O) groups excluding carboxylic acids is 3. The van der Waals surface area contributed by atoms with Crippen molar-refractivity contribution in [2.45, 2.75) is 61.7 Å². The molecule has 3 aromatic rings. The first kappa shape index (κ1) is 29.6. The summed E-state index contributed by atoms with van der Waals surface area (Å²) in [5.74, 6) is -0.495. The number of sulfonamides is 1. The summed E-state index contributed by atoms with van der Waals surface area (Å²) in [5.41, 5.74) is 4.35. The third-order valence-corrected chi connectivity index (χ3v) is 11.3. The molecule has 7 rings (SSSR count). The van der Waals surface area contributed by atoms with Crippen LogP contribution in [-0.4, -0.2) is 74.3 Å². The number of anilines is 1. The average molecular weight is 629 g/mol. The third-order valence-electron chi connectivity index (χ3n) is 9.43. The Morgan fingerprint density at radius 1 is 0.889 bits per heavy atom. The summed E-state index contributed by atoms with van der Waals surface area (Å²) >= 11 is 0. The summed E-state index contributed by atoms with van der Waals surface area (Å²) in [7, 11) is -3.78. The van der Waals surface area contributed by atoms with Crippen molar-refractivity contribution in [2.24, 2.45) is 0 Å². The van der Waals surface area contributed by atoms with Crippen molar-refractivity contribution in [2.75, 3.05) is 30.6 Å². The normalized spacial score (nSPS) is 21.4. The van der Waals surface area contributed by atoms with Gasteiger partial charge in [-0.3, -0.25) is 28.9 Å². The van der Waals surface area contributed by atoms with Gasteiger partial charge in [0.1, 0.15) is 6.04 Å². The molecule has 0 spiro atoms. The topological polar surface area (TPSA) is 116 Å². The van der Waals surface area contributed by atoms with Gasteiger partial charge >= 0.3 is 0 Å². The largest absolute Gasteiger partial charge is 0.377 e. The lowest BCUT2D eigenvalue weighted by atomic mass is 9.87. The number of ether oxygens (including phenoxy) is 1. The van der Waals surface area contributed by atoms with E-state index in [0.717, 1.165) is 37.1 Å². The molecule has 0 radical (unpaired) electrons. The number of hydrogen-bond donors (Lipinski definition) is 1. The molecule has 4 heterocycles. The minimum absolute atomic E-state index is 0.155. The second kappa shape index (κ2) is 12.0. The number of fused-ring (bicyclic) bond motifs is 1. The molecule has 3 saturated heterocycles. The summed E-state index contributed by atoms with van der Waals surface area (Å²) in [6.07, 6.45) is 2.49. The first-order valence-electron chi connectivity index (χ1n) is 15.5. The molecule has 11 heteroatoms. The molecule has 1 atom stereocenters. The standard InChI is InChI=1S/C34H36N4O6S/c39-32-12-11-31(33(40)35-32)37-20-26-18-25(9-10-30(26)34(37)41)24-13-15-36(16-14-24)19-23-5-4-8-29(17-23)45(42,43)38(28-21-44-22-28)27-6-2-1-3-7-27/h1-10,17-18,24,28,31H,11-16,19-22H2,(H,35,39,40). The monoisotopic (exact) mass is 628 g/mol. The number of rotatable bonds is 8. The van der Waals surface area contributed by atoms with Crippen LogP contribution in [0.3, 0.4) is 0 Å². The van der Waals surface area contributed by atoms with E-state index in [1.54, 1.807) is 17.0 Å². The molecule has 10 nitrogen and oxygen atoms in total. The Kier molecular flexibility index (Phi) is 7.93. The van der Waals surface area contributed by atoms with Crippen molar-refractivity contribution in [1.82, 2.24) is 15.1 Å². The first-order chi connectivity index (χ1) is 21.8. The van der Waals surface area contributed by atoms with Gasteiger partial charge in [0.2, 0.25) is 11.8 Å². The smallest absolute Gasteiger partial charge is 0.264 e. The molecule has 3 fully saturated rings. The Labute approximate surface area is 263 Å². The highest BCUT2D eigenvalue weighted by Crippen LogP contribution is 2.34. The van der Waals surface area contributed by atoms with E-state index in [1.165, 1.54) is 9.87 Å². The molecule has 45 heavy (non-hydrogen) atoms. The first-order valence-corrected chi connectivity index (χ1v) is 17.0. The molecule has 234 valence electrons. The lowest BCUT2D eigenvalue weighted by Gasteiger charge is -2.38. The predicted molar refractivity (Wildman–Crippen MR) is 167 cm³/mol. The minimum Gasteiger partial charge on any atom is -0.377 e. The zero-order valence-electron chi connectivity index (χ0n) is 24.9. The van der Waals surface area contributed by atoms with Gasteiger partial charge in [0.15, 0.2) is 0 Å². The highest BCUT2D eigenvalue weighted by atomic mass is 32.2. The molecule has 0 aliphatic carbocycles. The molecular weight excluding hydrogens is 592 g/mol. The van der Waals surface area contributed by atoms with Gasteiger partial charge in [0.05, 0.1) is 29.8 Å². The fraction of sp³-hybridized carbons (Fsp3) is 0.382. The minimum atomic E-state index is -3.78. The number of amides is 3. The van der Waals surface area contributed by atoms with E-state index in [0.29, 0.717) is 49.9 Å². The molecule has 3 aromatic carbocycles. The zero-order chi connectivity index (χ0) is 31.1. The van der Waals surface area contributed by atoms with Crippen LogP contribution in [0.5, 0.6) is 0 Å². The van der Waals surface area contributed by atoms with E-state index in [4.69, 9.17) is 4.74 Å². The maximum atomic E-state index is 13.9. The number of nitrogens with zero attached hydrogens (tertiary/aromatic N) is 3. The Bertz CT molecular complexity index is 1730. The highest BCUT2D eigenvalue weighted by molar-refractivity contribution is 7.92. The molecule has 0 aromatic heterocycles. The summed E-state index contributed by atoms with van der Waals surface area (Å²) in [6, 6.07) is 21.6. The number of benzene rings is 3. The molecular formula is C34H36N4O6S. The van der Waals surface area contributed by atoms with Gasteiger partial charge in [-0.05, 0) is 85.3 Å². The Hall–Kier alpha value is -4.06. The summed E-state index contributed by atoms with van der Waals surface area (Å²) in [6.45, 7) is 3.53. The maximum absolute atomic E-state index is 13.9. The zero-order valence-corrected chi connectivity index (χ0v) is 25.7. The van der Waals surface area contributed by atoms with Crippen LogP contribution in [0.4, 0.5) is 5.69 Å². The number of likely N-dealkylation sites (tertiary alicyclic amines) is 1.